The molecule has 8 heteroatoms. The topological polar surface area (TPSA) is 110 Å². The number of anilines is 1. The SMILES string of the molecule is CCC(Nc1c([N+](=O)[O-])nc(C)n1C)C(=O)O. The van der Waals surface area contributed by atoms with Crippen LogP contribution in [0, 0.1) is 17.0 Å². The third-order valence-electron chi connectivity index (χ3n) is 2.49. The van der Waals surface area contributed by atoms with Crippen LogP contribution in [-0.4, -0.2) is 31.6 Å². The molecule has 17 heavy (non-hydrogen) atoms. The maximum absolute atomic E-state index is 10.9. The highest BCUT2D eigenvalue weighted by molar-refractivity contribution is 5.77. The number of aromatic nitrogens is 2. The molecule has 0 aliphatic rings. The number of aliphatic carboxylic acids is 1. The molecular formula is C9H14N4O4. The number of nitro groups is 1. The molecule has 1 unspecified atom stereocenters. The molecule has 0 spiro atoms. The van der Waals surface area contributed by atoms with Crippen LogP contribution in [0.1, 0.15) is 19.2 Å². The zero-order chi connectivity index (χ0) is 13.2. The Morgan fingerprint density at radius 1 is 1.71 bits per heavy atom. The van der Waals surface area contributed by atoms with Crippen molar-refractivity contribution in [3.63, 3.8) is 0 Å². The van der Waals surface area contributed by atoms with E-state index in [0.29, 0.717) is 12.2 Å². The fourth-order valence-electron chi connectivity index (χ4n) is 1.39. The van der Waals surface area contributed by atoms with Crippen LogP contribution in [0.5, 0.6) is 0 Å². The molecule has 0 bridgehead atoms. The van der Waals surface area contributed by atoms with E-state index in [1.165, 1.54) is 4.57 Å². The second-order valence-electron chi connectivity index (χ2n) is 3.59. The van der Waals surface area contributed by atoms with Crippen molar-refractivity contribution in [3.05, 3.63) is 15.9 Å². The van der Waals surface area contributed by atoms with Gasteiger partial charge in [-0.25, -0.2) is 4.79 Å². The Hall–Kier alpha value is -2.12. The summed E-state index contributed by atoms with van der Waals surface area (Å²) < 4.78 is 1.46. The highest BCUT2D eigenvalue weighted by Gasteiger charge is 2.27. The molecule has 0 saturated heterocycles. The number of imidazole rings is 1. The summed E-state index contributed by atoms with van der Waals surface area (Å²) in [5.41, 5.74) is 0. The van der Waals surface area contributed by atoms with E-state index < -0.39 is 16.9 Å². The first-order valence-electron chi connectivity index (χ1n) is 5.05. The molecule has 1 rings (SSSR count). The van der Waals surface area contributed by atoms with Gasteiger partial charge in [0.2, 0.25) is 11.6 Å². The number of aryl methyl sites for hydroxylation is 1. The first kappa shape index (κ1) is 12.9. The van der Waals surface area contributed by atoms with Gasteiger partial charge in [0.15, 0.2) is 0 Å². The Balaban J connectivity index is 3.12. The lowest BCUT2D eigenvalue weighted by Crippen LogP contribution is -2.29. The van der Waals surface area contributed by atoms with Gasteiger partial charge in [0.05, 0.1) is 0 Å². The second kappa shape index (κ2) is 4.81. The van der Waals surface area contributed by atoms with Gasteiger partial charge in [-0.1, -0.05) is 6.92 Å². The maximum Gasteiger partial charge on any atom is 0.406 e. The molecule has 8 nitrogen and oxygen atoms in total. The predicted octanol–water partition coefficient (Wildman–Crippen LogP) is 0.912. The van der Waals surface area contributed by atoms with Crippen molar-refractivity contribution in [2.24, 2.45) is 7.05 Å². The zero-order valence-electron chi connectivity index (χ0n) is 9.80. The molecule has 0 saturated carbocycles. The Bertz CT molecular complexity index is 454. The van der Waals surface area contributed by atoms with Crippen LogP contribution >= 0.6 is 0 Å². The van der Waals surface area contributed by atoms with Crippen molar-refractivity contribution in [2.45, 2.75) is 26.3 Å². The molecule has 1 aromatic heterocycles. The molecule has 1 atom stereocenters. The minimum absolute atomic E-state index is 0.113. The van der Waals surface area contributed by atoms with Crippen molar-refractivity contribution in [1.29, 1.82) is 0 Å². The van der Waals surface area contributed by atoms with Crippen LogP contribution in [0.25, 0.3) is 0 Å². The van der Waals surface area contributed by atoms with Crippen molar-refractivity contribution >= 4 is 17.6 Å². The average Bonchev–Trinajstić information content (AvgIpc) is 2.52. The van der Waals surface area contributed by atoms with Gasteiger partial charge in [0, 0.05) is 14.0 Å². The molecule has 0 aliphatic heterocycles. The Morgan fingerprint density at radius 2 is 2.29 bits per heavy atom. The molecule has 1 aromatic rings. The standard InChI is InChI=1S/C9H14N4O4/c1-4-6(9(14)15)11-7-8(13(16)17)10-5(2)12(7)3/h6,11H,4H2,1-3H3,(H,14,15). The van der Waals surface area contributed by atoms with Gasteiger partial charge in [-0.15, -0.1) is 0 Å². The number of rotatable bonds is 5. The van der Waals surface area contributed by atoms with Crippen LogP contribution < -0.4 is 5.32 Å². The highest BCUT2D eigenvalue weighted by Crippen LogP contribution is 2.24. The first-order chi connectivity index (χ1) is 7.88. The summed E-state index contributed by atoms with van der Waals surface area (Å²) >= 11 is 0. The van der Waals surface area contributed by atoms with E-state index in [2.05, 4.69) is 10.3 Å². The van der Waals surface area contributed by atoms with Crippen LogP contribution in [0.2, 0.25) is 0 Å². The number of hydrogen-bond acceptors (Lipinski definition) is 5. The van der Waals surface area contributed by atoms with Crippen molar-refractivity contribution < 1.29 is 14.8 Å². The Morgan fingerprint density at radius 3 is 2.71 bits per heavy atom. The molecule has 0 aromatic carbocycles. The van der Waals surface area contributed by atoms with Gasteiger partial charge in [0.25, 0.3) is 0 Å². The van der Waals surface area contributed by atoms with Gasteiger partial charge in [-0.3, -0.25) is 4.57 Å². The van der Waals surface area contributed by atoms with Crippen LogP contribution in [0.3, 0.4) is 0 Å². The number of carbonyl (C=O) groups is 1. The van der Waals surface area contributed by atoms with E-state index in [0.717, 1.165) is 0 Å². The summed E-state index contributed by atoms with van der Waals surface area (Å²) in [6, 6.07) is -0.872. The van der Waals surface area contributed by atoms with Gasteiger partial charge >= 0.3 is 11.8 Å². The van der Waals surface area contributed by atoms with Crippen LogP contribution in [-0.2, 0) is 11.8 Å². The molecule has 1 heterocycles. The molecule has 0 radical (unpaired) electrons. The van der Waals surface area contributed by atoms with Gasteiger partial charge in [-0.05, 0) is 16.3 Å². The number of carboxylic acid groups (broad SMARTS) is 1. The average molecular weight is 242 g/mol. The lowest BCUT2D eigenvalue weighted by atomic mass is 10.2. The van der Waals surface area contributed by atoms with Gasteiger partial charge in [0.1, 0.15) is 6.04 Å². The minimum atomic E-state index is -1.05. The lowest BCUT2D eigenvalue weighted by Gasteiger charge is -2.13. The lowest BCUT2D eigenvalue weighted by molar-refractivity contribution is -0.388. The van der Waals surface area contributed by atoms with Crippen LogP contribution in [0.15, 0.2) is 0 Å². The molecule has 0 amide bonds. The summed E-state index contributed by atoms with van der Waals surface area (Å²) in [5, 5.41) is 22.3. The minimum Gasteiger partial charge on any atom is -0.480 e. The zero-order valence-corrected chi connectivity index (χ0v) is 9.80. The summed E-state index contributed by atoms with van der Waals surface area (Å²) in [6.45, 7) is 3.29. The summed E-state index contributed by atoms with van der Waals surface area (Å²) in [5.74, 6) is -0.855. The fourth-order valence-corrected chi connectivity index (χ4v) is 1.39. The molecule has 94 valence electrons. The van der Waals surface area contributed by atoms with Gasteiger partial charge < -0.3 is 20.5 Å². The monoisotopic (exact) mass is 242 g/mol. The van der Waals surface area contributed by atoms with Gasteiger partial charge in [-0.2, -0.15) is 0 Å². The highest BCUT2D eigenvalue weighted by atomic mass is 16.6. The quantitative estimate of drug-likeness (QED) is 0.586. The molecular weight excluding hydrogens is 228 g/mol. The Kier molecular flexibility index (Phi) is 3.66. The van der Waals surface area contributed by atoms with Crippen molar-refractivity contribution in [2.75, 3.05) is 5.32 Å². The van der Waals surface area contributed by atoms with E-state index in [1.807, 2.05) is 0 Å². The molecule has 0 aliphatic carbocycles. The summed E-state index contributed by atoms with van der Waals surface area (Å²) in [6.07, 6.45) is 0.316. The van der Waals surface area contributed by atoms with E-state index in [1.54, 1.807) is 20.9 Å². The molecule has 0 fully saturated rings. The van der Waals surface area contributed by atoms with Crippen LogP contribution in [0.4, 0.5) is 11.6 Å². The predicted molar refractivity (Wildman–Crippen MR) is 59.9 cm³/mol. The number of nitrogens with one attached hydrogen (secondary N) is 1. The normalized spacial score (nSPS) is 12.2. The molecule has 2 N–H and O–H groups in total. The number of nitrogens with zero attached hydrogens (tertiary/aromatic N) is 3. The van der Waals surface area contributed by atoms with E-state index in [4.69, 9.17) is 5.11 Å². The summed E-state index contributed by atoms with van der Waals surface area (Å²) in [4.78, 5) is 24.8. The third-order valence-corrected chi connectivity index (χ3v) is 2.49. The van der Waals surface area contributed by atoms with Crippen molar-refractivity contribution in [3.8, 4) is 0 Å². The van der Waals surface area contributed by atoms with E-state index in [-0.39, 0.29) is 11.6 Å². The largest absolute Gasteiger partial charge is 0.480 e. The maximum atomic E-state index is 10.9. The van der Waals surface area contributed by atoms with E-state index >= 15 is 0 Å². The third kappa shape index (κ3) is 2.52. The summed E-state index contributed by atoms with van der Waals surface area (Å²) in [7, 11) is 1.59. The van der Waals surface area contributed by atoms with Crippen molar-refractivity contribution in [1.82, 2.24) is 9.55 Å². The Labute approximate surface area is 97.4 Å². The number of carboxylic acids is 1. The second-order valence-corrected chi connectivity index (χ2v) is 3.59. The first-order valence-corrected chi connectivity index (χ1v) is 5.05. The fraction of sp³-hybridized carbons (Fsp3) is 0.556. The number of hydrogen-bond donors (Lipinski definition) is 2. The smallest absolute Gasteiger partial charge is 0.406 e. The van der Waals surface area contributed by atoms with E-state index in [9.17, 15) is 14.9 Å².